The second-order valence-electron chi connectivity index (χ2n) is 11.7. The molecule has 8 nitrogen and oxygen atoms in total. The van der Waals surface area contributed by atoms with E-state index >= 15 is 0 Å². The summed E-state index contributed by atoms with van der Waals surface area (Å²) in [5.41, 5.74) is -0.982. The normalized spacial score (nSPS) is 46.5. The minimum absolute atomic E-state index is 0.0465. The van der Waals surface area contributed by atoms with E-state index < -0.39 is 16.8 Å². The molecule has 2 saturated carbocycles. The van der Waals surface area contributed by atoms with Gasteiger partial charge in [-0.05, 0) is 50.9 Å². The molecule has 0 aromatic heterocycles. The van der Waals surface area contributed by atoms with E-state index in [1.807, 2.05) is 13.8 Å². The Balaban J connectivity index is 1.32. The number of likely N-dealkylation sites (tertiary alicyclic amines) is 1. The van der Waals surface area contributed by atoms with Crippen molar-refractivity contribution in [3.63, 3.8) is 0 Å². The third kappa shape index (κ3) is 3.12. The number of fused-ring (bicyclic) bond motifs is 2. The van der Waals surface area contributed by atoms with Crippen molar-refractivity contribution in [2.75, 3.05) is 27.2 Å². The summed E-state index contributed by atoms with van der Waals surface area (Å²) in [7, 11) is 3.50. The third-order valence-corrected chi connectivity index (χ3v) is 9.13. The fourth-order valence-corrected chi connectivity index (χ4v) is 7.40. The van der Waals surface area contributed by atoms with Gasteiger partial charge in [0, 0.05) is 45.9 Å². The Labute approximate surface area is 190 Å². The van der Waals surface area contributed by atoms with Gasteiger partial charge >= 0.3 is 6.09 Å². The molecule has 6 rings (SSSR count). The van der Waals surface area contributed by atoms with Gasteiger partial charge in [0.2, 0.25) is 5.91 Å². The average molecular weight is 451 g/mol. The number of carbonyl (C=O) groups is 2. The molecule has 6 fully saturated rings. The summed E-state index contributed by atoms with van der Waals surface area (Å²) >= 11 is 0. The van der Waals surface area contributed by atoms with Crippen LogP contribution in [0, 0.1) is 29.1 Å². The lowest BCUT2D eigenvalue weighted by Gasteiger charge is -2.60. The summed E-state index contributed by atoms with van der Waals surface area (Å²) in [4.78, 5) is 40.8. The van der Waals surface area contributed by atoms with Gasteiger partial charge in [0.25, 0.3) is 0 Å². The summed E-state index contributed by atoms with van der Waals surface area (Å²) in [6.45, 7) is 9.15. The number of rotatable bonds is 2. The molecule has 0 radical (unpaired) electrons. The molecule has 4 heterocycles. The molecule has 1 spiro atoms. The zero-order valence-electron chi connectivity index (χ0n) is 20.3. The van der Waals surface area contributed by atoms with Crippen LogP contribution in [-0.4, -0.2) is 72.6 Å². The van der Waals surface area contributed by atoms with Crippen LogP contribution >= 0.6 is 0 Å². The molecule has 8 atom stereocenters. The second-order valence-corrected chi connectivity index (χ2v) is 11.7. The predicted molar refractivity (Wildman–Crippen MR) is 115 cm³/mol. The van der Waals surface area contributed by atoms with Crippen LogP contribution in [0.3, 0.4) is 0 Å². The van der Waals surface area contributed by atoms with E-state index in [1.54, 1.807) is 23.9 Å². The Morgan fingerprint density at radius 2 is 1.75 bits per heavy atom. The van der Waals surface area contributed by atoms with E-state index in [9.17, 15) is 9.59 Å². The number of nitrogens with zero attached hydrogens (tertiary/aromatic N) is 2. The van der Waals surface area contributed by atoms with Gasteiger partial charge < -0.3 is 19.3 Å². The molecular formula is C24H38N2O6. The molecule has 4 aliphatic heterocycles. The van der Waals surface area contributed by atoms with Crippen molar-refractivity contribution in [1.82, 2.24) is 9.80 Å². The zero-order chi connectivity index (χ0) is 23.1. The highest BCUT2D eigenvalue weighted by Gasteiger charge is 2.68. The minimum atomic E-state index is -0.738. The van der Waals surface area contributed by atoms with E-state index in [0.29, 0.717) is 31.3 Å². The van der Waals surface area contributed by atoms with Crippen molar-refractivity contribution in [2.24, 2.45) is 29.1 Å². The second kappa shape index (κ2) is 7.31. The molecule has 0 aromatic rings. The van der Waals surface area contributed by atoms with Crippen LogP contribution in [0.4, 0.5) is 4.79 Å². The summed E-state index contributed by atoms with van der Waals surface area (Å²) in [5.74, 6) is 0.628. The van der Waals surface area contributed by atoms with Gasteiger partial charge in [-0.2, -0.15) is 0 Å². The van der Waals surface area contributed by atoms with Gasteiger partial charge in [0.1, 0.15) is 11.7 Å². The van der Waals surface area contributed by atoms with Gasteiger partial charge in [0.15, 0.2) is 5.79 Å². The molecule has 180 valence electrons. The standard InChI is InChI=1S/C24H38N2O6/c1-14-7-8-17-15(2)18(29-21(28)26-12-22(3,13-26)20(27)25(5)6)11-19-24(17)16(14)9-10-23(4,30-19)31-32-24/h14-19H,7-13H2,1-6H3/t14-,15-,16+,17+,18+,19+,23-,24-/m1/s1. The number of carbonyl (C=O) groups excluding carboxylic acids is 2. The molecule has 0 N–H and O–H groups in total. The minimum Gasteiger partial charge on any atom is -0.446 e. The Bertz CT molecular complexity index is 797. The maximum absolute atomic E-state index is 13.0. The quantitative estimate of drug-likeness (QED) is 0.602. The fraction of sp³-hybridized carbons (Fsp3) is 0.917. The Kier molecular flexibility index (Phi) is 5.12. The number of hydrogen-bond donors (Lipinski definition) is 0. The van der Waals surface area contributed by atoms with Crippen LogP contribution in [0.25, 0.3) is 0 Å². The molecule has 2 amide bonds. The highest BCUT2D eigenvalue weighted by Crippen LogP contribution is 2.61. The first-order chi connectivity index (χ1) is 15.0. The van der Waals surface area contributed by atoms with Crippen LogP contribution in [0.5, 0.6) is 0 Å². The number of ether oxygens (including phenoxy) is 2. The van der Waals surface area contributed by atoms with Crippen molar-refractivity contribution in [3.8, 4) is 0 Å². The maximum atomic E-state index is 13.0. The predicted octanol–water partition coefficient (Wildman–Crippen LogP) is 3.20. The molecule has 32 heavy (non-hydrogen) atoms. The van der Waals surface area contributed by atoms with E-state index in [2.05, 4.69) is 13.8 Å². The first kappa shape index (κ1) is 22.4. The molecule has 6 aliphatic rings. The van der Waals surface area contributed by atoms with Gasteiger partial charge in [0.05, 0.1) is 11.5 Å². The Morgan fingerprint density at radius 3 is 2.44 bits per heavy atom. The van der Waals surface area contributed by atoms with Crippen molar-refractivity contribution in [3.05, 3.63) is 0 Å². The molecule has 2 bridgehead atoms. The Hall–Kier alpha value is -1.38. The van der Waals surface area contributed by atoms with E-state index in [0.717, 1.165) is 25.7 Å². The fourth-order valence-electron chi connectivity index (χ4n) is 7.40. The van der Waals surface area contributed by atoms with Crippen molar-refractivity contribution in [2.45, 2.75) is 83.4 Å². The van der Waals surface area contributed by atoms with Crippen LogP contribution < -0.4 is 0 Å². The lowest BCUT2D eigenvalue weighted by atomic mass is 9.53. The highest BCUT2D eigenvalue weighted by molar-refractivity contribution is 5.85. The lowest BCUT2D eigenvalue weighted by molar-refractivity contribution is -0.540. The number of hydrogen-bond acceptors (Lipinski definition) is 6. The lowest BCUT2D eigenvalue weighted by Crippen LogP contribution is -2.70. The summed E-state index contributed by atoms with van der Waals surface area (Å²) in [5, 5.41) is 0. The Morgan fingerprint density at radius 1 is 1.03 bits per heavy atom. The maximum Gasteiger partial charge on any atom is 0.410 e. The van der Waals surface area contributed by atoms with Crippen LogP contribution in [0.1, 0.15) is 59.8 Å². The molecule has 8 heteroatoms. The molecule has 2 aliphatic carbocycles. The van der Waals surface area contributed by atoms with E-state index in [4.69, 9.17) is 19.2 Å². The van der Waals surface area contributed by atoms with E-state index in [-0.39, 0.29) is 36.0 Å². The van der Waals surface area contributed by atoms with Crippen molar-refractivity contribution < 1.29 is 28.8 Å². The smallest absolute Gasteiger partial charge is 0.410 e. The van der Waals surface area contributed by atoms with E-state index in [1.165, 1.54) is 0 Å². The largest absolute Gasteiger partial charge is 0.446 e. The zero-order valence-corrected chi connectivity index (χ0v) is 20.3. The summed E-state index contributed by atoms with van der Waals surface area (Å²) < 4.78 is 12.6. The van der Waals surface area contributed by atoms with Gasteiger partial charge in [-0.25, -0.2) is 14.6 Å². The highest BCUT2D eigenvalue weighted by atomic mass is 17.3. The monoisotopic (exact) mass is 450 g/mol. The molecular weight excluding hydrogens is 412 g/mol. The van der Waals surface area contributed by atoms with Crippen LogP contribution in [-0.2, 0) is 24.0 Å². The van der Waals surface area contributed by atoms with Crippen molar-refractivity contribution >= 4 is 12.0 Å². The first-order valence-corrected chi connectivity index (χ1v) is 12.2. The van der Waals surface area contributed by atoms with Gasteiger partial charge in [-0.1, -0.05) is 13.8 Å². The van der Waals surface area contributed by atoms with Gasteiger partial charge in [-0.15, -0.1) is 0 Å². The summed E-state index contributed by atoms with van der Waals surface area (Å²) in [6, 6.07) is 0. The van der Waals surface area contributed by atoms with Gasteiger partial charge in [-0.3, -0.25) is 4.79 Å². The van der Waals surface area contributed by atoms with Crippen LogP contribution in [0.2, 0.25) is 0 Å². The molecule has 4 saturated heterocycles. The SMILES string of the molecule is C[C@H]1[C@@H](OC(=O)N2CC(C)(C(=O)N(C)C)C2)C[C@@H]2O[C@@]3(C)CC[C@H]4[C@H](C)CC[C@@H]1[C@@]24OO3. The third-order valence-electron chi connectivity index (χ3n) is 9.13. The number of amides is 2. The van der Waals surface area contributed by atoms with Crippen molar-refractivity contribution in [1.29, 1.82) is 0 Å². The summed E-state index contributed by atoms with van der Waals surface area (Å²) in [6.07, 6.45) is 3.93. The first-order valence-electron chi connectivity index (χ1n) is 12.2. The average Bonchev–Trinajstić information content (AvgIpc) is 2.94. The topological polar surface area (TPSA) is 77.5 Å². The molecule has 0 aromatic carbocycles. The molecule has 0 unspecified atom stereocenters. The van der Waals surface area contributed by atoms with Crippen LogP contribution in [0.15, 0.2) is 0 Å².